The number of hydrogen-bond donors (Lipinski definition) is 0. The minimum atomic E-state index is -3.02. The zero-order chi connectivity index (χ0) is 17.0. The van der Waals surface area contributed by atoms with Crippen molar-refractivity contribution in [2.75, 3.05) is 18.6 Å². The molecule has 1 aliphatic rings. The van der Waals surface area contributed by atoms with Gasteiger partial charge in [0, 0.05) is 12.0 Å². The summed E-state index contributed by atoms with van der Waals surface area (Å²) in [5, 5.41) is 0. The summed E-state index contributed by atoms with van der Waals surface area (Å²) in [7, 11) is -1.49. The number of Topliss-reactive ketones (excluding diaryl/α,β-unsaturated/α-hetero) is 1. The smallest absolute Gasteiger partial charge is 0.306 e. The second-order valence-electron chi connectivity index (χ2n) is 5.70. The molecule has 6 nitrogen and oxygen atoms in total. The first-order valence-corrected chi connectivity index (χ1v) is 9.21. The number of carbonyl (C=O) groups excluding carboxylic acids is 2. The van der Waals surface area contributed by atoms with Crippen LogP contribution in [0.1, 0.15) is 30.1 Å². The first kappa shape index (κ1) is 17.5. The molecule has 0 bridgehead atoms. The Morgan fingerprint density at radius 3 is 2.43 bits per heavy atom. The number of carbonyl (C=O) groups is 2. The predicted octanol–water partition coefficient (Wildman–Crippen LogP) is 1.63. The minimum Gasteiger partial charge on any atom is -0.497 e. The van der Waals surface area contributed by atoms with Gasteiger partial charge in [-0.05, 0) is 43.5 Å². The first-order chi connectivity index (χ1) is 10.8. The van der Waals surface area contributed by atoms with Gasteiger partial charge in [0.1, 0.15) is 5.75 Å². The first-order valence-electron chi connectivity index (χ1n) is 7.39. The average molecular weight is 340 g/mol. The van der Waals surface area contributed by atoms with Gasteiger partial charge in [-0.2, -0.15) is 0 Å². The topological polar surface area (TPSA) is 86.7 Å². The van der Waals surface area contributed by atoms with E-state index < -0.39 is 21.9 Å². The molecule has 1 aliphatic heterocycles. The van der Waals surface area contributed by atoms with E-state index >= 15 is 0 Å². The summed E-state index contributed by atoms with van der Waals surface area (Å²) in [6.45, 7) is 1.51. The maximum absolute atomic E-state index is 12.2. The van der Waals surface area contributed by atoms with Crippen molar-refractivity contribution in [1.82, 2.24) is 0 Å². The standard InChI is InChI=1S/C16H20O6S/c1-11(16(18)13-3-5-14(21-2)6-4-13)22-15(17)9-12-7-8-23(19,20)10-12/h3-6,11-12H,7-10H2,1-2H3/t11-,12-/m1/s1. The zero-order valence-electron chi connectivity index (χ0n) is 13.2. The third-order valence-electron chi connectivity index (χ3n) is 3.83. The largest absolute Gasteiger partial charge is 0.497 e. The predicted molar refractivity (Wildman–Crippen MR) is 84.3 cm³/mol. The highest BCUT2D eigenvalue weighted by molar-refractivity contribution is 7.91. The lowest BCUT2D eigenvalue weighted by Crippen LogP contribution is -2.25. The van der Waals surface area contributed by atoms with E-state index in [9.17, 15) is 18.0 Å². The van der Waals surface area contributed by atoms with Gasteiger partial charge in [0.25, 0.3) is 0 Å². The third kappa shape index (κ3) is 4.79. The van der Waals surface area contributed by atoms with Gasteiger partial charge in [0.2, 0.25) is 5.78 Å². The van der Waals surface area contributed by atoms with Crippen LogP contribution in [0.4, 0.5) is 0 Å². The van der Waals surface area contributed by atoms with E-state index in [2.05, 4.69) is 0 Å². The summed E-state index contributed by atoms with van der Waals surface area (Å²) < 4.78 is 32.9. The highest BCUT2D eigenvalue weighted by Gasteiger charge is 2.30. The van der Waals surface area contributed by atoms with Crippen molar-refractivity contribution >= 4 is 21.6 Å². The van der Waals surface area contributed by atoms with Crippen LogP contribution in [0.5, 0.6) is 5.75 Å². The molecule has 1 aromatic rings. The fourth-order valence-corrected chi connectivity index (χ4v) is 4.42. The molecular formula is C16H20O6S. The molecular weight excluding hydrogens is 320 g/mol. The summed E-state index contributed by atoms with van der Waals surface area (Å²) in [6, 6.07) is 6.53. The Morgan fingerprint density at radius 2 is 1.91 bits per heavy atom. The molecule has 2 rings (SSSR count). The lowest BCUT2D eigenvalue weighted by Gasteiger charge is -2.14. The summed E-state index contributed by atoms with van der Waals surface area (Å²) in [5.41, 5.74) is 0.426. The number of ether oxygens (including phenoxy) is 2. The van der Waals surface area contributed by atoms with Gasteiger partial charge >= 0.3 is 5.97 Å². The number of methoxy groups -OCH3 is 1. The summed E-state index contributed by atoms with van der Waals surface area (Å²) in [4.78, 5) is 24.1. The lowest BCUT2D eigenvalue weighted by atomic mass is 10.1. The summed E-state index contributed by atoms with van der Waals surface area (Å²) in [6.07, 6.45) is -0.411. The van der Waals surface area contributed by atoms with Crippen molar-refractivity contribution in [2.45, 2.75) is 25.9 Å². The molecule has 7 heteroatoms. The number of ketones is 1. The van der Waals surface area contributed by atoms with Gasteiger partial charge in [-0.3, -0.25) is 9.59 Å². The van der Waals surface area contributed by atoms with Crippen molar-refractivity contribution in [3.63, 3.8) is 0 Å². The van der Waals surface area contributed by atoms with Crippen LogP contribution in [0.2, 0.25) is 0 Å². The Bertz CT molecular complexity index is 677. The van der Waals surface area contributed by atoms with E-state index in [1.54, 1.807) is 24.3 Å². The number of benzene rings is 1. The molecule has 1 fully saturated rings. The Kier molecular flexibility index (Phi) is 5.41. The maximum atomic E-state index is 12.2. The van der Waals surface area contributed by atoms with Gasteiger partial charge in [-0.25, -0.2) is 8.42 Å². The number of hydrogen-bond acceptors (Lipinski definition) is 6. The Labute approximate surface area is 135 Å². The molecule has 1 saturated heterocycles. The molecule has 0 aromatic heterocycles. The summed E-state index contributed by atoms with van der Waals surface area (Å²) in [5.74, 6) is -0.292. The molecule has 2 atom stereocenters. The summed E-state index contributed by atoms with van der Waals surface area (Å²) >= 11 is 0. The maximum Gasteiger partial charge on any atom is 0.306 e. The second-order valence-corrected chi connectivity index (χ2v) is 7.93. The van der Waals surface area contributed by atoms with Crippen molar-refractivity contribution in [2.24, 2.45) is 5.92 Å². The van der Waals surface area contributed by atoms with Crippen LogP contribution in [0, 0.1) is 5.92 Å². The van der Waals surface area contributed by atoms with Gasteiger partial charge in [-0.1, -0.05) is 0 Å². The fourth-order valence-electron chi connectivity index (χ4n) is 2.56. The quantitative estimate of drug-likeness (QED) is 0.578. The van der Waals surface area contributed by atoms with E-state index in [4.69, 9.17) is 9.47 Å². The third-order valence-corrected chi connectivity index (χ3v) is 5.67. The van der Waals surface area contributed by atoms with Crippen LogP contribution in [0.15, 0.2) is 24.3 Å². The molecule has 0 N–H and O–H groups in total. The van der Waals surface area contributed by atoms with Crippen LogP contribution >= 0.6 is 0 Å². The van der Waals surface area contributed by atoms with Gasteiger partial charge in [-0.15, -0.1) is 0 Å². The van der Waals surface area contributed by atoms with Crippen LogP contribution in [0.25, 0.3) is 0 Å². The second kappa shape index (κ2) is 7.12. The Balaban J connectivity index is 1.88. The average Bonchev–Trinajstić information content (AvgIpc) is 2.85. The molecule has 0 saturated carbocycles. The molecule has 0 amide bonds. The number of sulfone groups is 1. The molecule has 0 spiro atoms. The Hall–Kier alpha value is -1.89. The van der Waals surface area contributed by atoms with E-state index in [0.717, 1.165) is 0 Å². The molecule has 23 heavy (non-hydrogen) atoms. The van der Waals surface area contributed by atoms with Crippen LogP contribution in [-0.2, 0) is 19.4 Å². The fraction of sp³-hybridized carbons (Fsp3) is 0.500. The molecule has 0 unspecified atom stereocenters. The van der Waals surface area contributed by atoms with E-state index in [1.165, 1.54) is 14.0 Å². The van der Waals surface area contributed by atoms with Crippen molar-refractivity contribution in [1.29, 1.82) is 0 Å². The van der Waals surface area contributed by atoms with Crippen molar-refractivity contribution in [3.8, 4) is 5.75 Å². The lowest BCUT2D eigenvalue weighted by molar-refractivity contribution is -0.147. The molecule has 1 aromatic carbocycles. The Morgan fingerprint density at radius 1 is 1.26 bits per heavy atom. The SMILES string of the molecule is COc1ccc(C(=O)[C@@H](C)OC(=O)C[C@H]2CCS(=O)(=O)C2)cc1. The monoisotopic (exact) mass is 340 g/mol. The van der Waals surface area contributed by atoms with Gasteiger partial charge in [0.15, 0.2) is 15.9 Å². The highest BCUT2D eigenvalue weighted by Crippen LogP contribution is 2.22. The zero-order valence-corrected chi connectivity index (χ0v) is 14.0. The van der Waals surface area contributed by atoms with Crippen molar-refractivity contribution < 1.29 is 27.5 Å². The van der Waals surface area contributed by atoms with Crippen molar-refractivity contribution in [3.05, 3.63) is 29.8 Å². The van der Waals surface area contributed by atoms with Crippen LogP contribution < -0.4 is 4.74 Å². The number of rotatable bonds is 6. The highest BCUT2D eigenvalue weighted by atomic mass is 32.2. The van der Waals surface area contributed by atoms with Gasteiger partial charge in [0.05, 0.1) is 18.6 Å². The molecule has 0 aliphatic carbocycles. The molecule has 126 valence electrons. The minimum absolute atomic E-state index is 0.0168. The normalized spacial score (nSPS) is 20.7. The van der Waals surface area contributed by atoms with Gasteiger partial charge < -0.3 is 9.47 Å². The van der Waals surface area contributed by atoms with E-state index in [1.807, 2.05) is 0 Å². The van der Waals surface area contributed by atoms with E-state index in [-0.39, 0.29) is 29.6 Å². The van der Waals surface area contributed by atoms with E-state index in [0.29, 0.717) is 17.7 Å². The van der Waals surface area contributed by atoms with Crippen LogP contribution in [0.3, 0.4) is 0 Å². The molecule has 1 heterocycles. The van der Waals surface area contributed by atoms with Crippen LogP contribution in [-0.4, -0.2) is 44.9 Å². The molecule has 0 radical (unpaired) electrons. The number of esters is 1.